The van der Waals surface area contributed by atoms with Crippen LogP contribution in [0.2, 0.25) is 0 Å². The molecule has 0 aliphatic rings. The number of ether oxygens (including phenoxy) is 1. The van der Waals surface area contributed by atoms with E-state index in [-0.39, 0.29) is 12.1 Å². The highest BCUT2D eigenvalue weighted by atomic mass is 19.4. The number of aliphatic hydroxyl groups excluding tert-OH is 1. The SMILES string of the molecule is NC[C@@H](O)c1ccccc1OC(F)(F)F. The third kappa shape index (κ3) is 3.41. The van der Waals surface area contributed by atoms with Gasteiger partial charge < -0.3 is 15.6 Å². The average molecular weight is 221 g/mol. The van der Waals surface area contributed by atoms with Crippen molar-refractivity contribution in [3.8, 4) is 5.75 Å². The predicted molar refractivity (Wildman–Crippen MR) is 47.1 cm³/mol. The van der Waals surface area contributed by atoms with Gasteiger partial charge in [0.1, 0.15) is 5.75 Å². The molecule has 0 saturated heterocycles. The maximum atomic E-state index is 12.0. The summed E-state index contributed by atoms with van der Waals surface area (Å²) in [5.41, 5.74) is 5.18. The molecule has 0 fully saturated rings. The Hall–Kier alpha value is -1.27. The summed E-state index contributed by atoms with van der Waals surface area (Å²) >= 11 is 0. The Morgan fingerprint density at radius 3 is 2.47 bits per heavy atom. The van der Waals surface area contributed by atoms with Gasteiger partial charge in [0.2, 0.25) is 0 Å². The van der Waals surface area contributed by atoms with Crippen LogP contribution in [0.25, 0.3) is 0 Å². The van der Waals surface area contributed by atoms with Crippen LogP contribution in [-0.2, 0) is 0 Å². The third-order valence-electron chi connectivity index (χ3n) is 1.73. The van der Waals surface area contributed by atoms with E-state index in [2.05, 4.69) is 4.74 Å². The number of hydrogen-bond acceptors (Lipinski definition) is 3. The molecular weight excluding hydrogens is 211 g/mol. The molecule has 0 unspecified atom stereocenters. The standard InChI is InChI=1S/C9H10F3NO2/c10-9(11,12)15-8-4-2-1-3-6(8)7(14)5-13/h1-4,7,14H,5,13H2/t7-/m1/s1. The van der Waals surface area contributed by atoms with E-state index in [1.807, 2.05) is 0 Å². The third-order valence-corrected chi connectivity index (χ3v) is 1.73. The summed E-state index contributed by atoms with van der Waals surface area (Å²) in [4.78, 5) is 0. The molecule has 1 aromatic carbocycles. The summed E-state index contributed by atoms with van der Waals surface area (Å²) in [6.45, 7) is -0.168. The fraction of sp³-hybridized carbons (Fsp3) is 0.333. The summed E-state index contributed by atoms with van der Waals surface area (Å²) in [5.74, 6) is -0.428. The first kappa shape index (κ1) is 11.8. The van der Waals surface area contributed by atoms with Crippen molar-refractivity contribution in [2.45, 2.75) is 12.5 Å². The Bertz CT molecular complexity index is 327. The quantitative estimate of drug-likeness (QED) is 0.814. The zero-order chi connectivity index (χ0) is 11.5. The van der Waals surface area contributed by atoms with Gasteiger partial charge >= 0.3 is 6.36 Å². The van der Waals surface area contributed by atoms with E-state index >= 15 is 0 Å². The number of para-hydroxylation sites is 1. The monoisotopic (exact) mass is 221 g/mol. The maximum absolute atomic E-state index is 12.0. The molecule has 1 rings (SSSR count). The predicted octanol–water partition coefficient (Wildman–Crippen LogP) is 1.58. The van der Waals surface area contributed by atoms with Crippen LogP contribution in [0.3, 0.4) is 0 Å². The Morgan fingerprint density at radius 2 is 1.93 bits per heavy atom. The van der Waals surface area contributed by atoms with Gasteiger partial charge in [-0.25, -0.2) is 0 Å². The Morgan fingerprint density at radius 1 is 1.33 bits per heavy atom. The Kier molecular flexibility index (Phi) is 3.54. The second kappa shape index (κ2) is 4.50. The number of nitrogens with two attached hydrogens (primary N) is 1. The normalized spacial score (nSPS) is 13.7. The number of aliphatic hydroxyl groups is 1. The van der Waals surface area contributed by atoms with E-state index < -0.39 is 18.2 Å². The van der Waals surface area contributed by atoms with Gasteiger partial charge in [0.15, 0.2) is 0 Å². The first-order valence-electron chi connectivity index (χ1n) is 4.17. The van der Waals surface area contributed by atoms with Gasteiger partial charge in [0.05, 0.1) is 6.10 Å². The van der Waals surface area contributed by atoms with Crippen LogP contribution in [0, 0.1) is 0 Å². The fourth-order valence-electron chi connectivity index (χ4n) is 1.10. The van der Waals surface area contributed by atoms with Crippen LogP contribution in [0.1, 0.15) is 11.7 Å². The molecule has 0 aliphatic carbocycles. The van der Waals surface area contributed by atoms with E-state index in [4.69, 9.17) is 5.73 Å². The molecule has 84 valence electrons. The lowest BCUT2D eigenvalue weighted by Gasteiger charge is -2.15. The number of rotatable bonds is 3. The molecule has 0 amide bonds. The topological polar surface area (TPSA) is 55.5 Å². The number of hydrogen-bond donors (Lipinski definition) is 2. The van der Waals surface area contributed by atoms with Crippen molar-refractivity contribution in [2.75, 3.05) is 6.54 Å². The van der Waals surface area contributed by atoms with Crippen molar-refractivity contribution in [1.29, 1.82) is 0 Å². The highest BCUT2D eigenvalue weighted by Crippen LogP contribution is 2.29. The first-order valence-corrected chi connectivity index (χ1v) is 4.17. The molecule has 0 aliphatic heterocycles. The van der Waals surface area contributed by atoms with Crippen molar-refractivity contribution in [3.05, 3.63) is 29.8 Å². The summed E-state index contributed by atoms with van der Waals surface area (Å²) in [6.07, 6.45) is -5.94. The lowest BCUT2D eigenvalue weighted by Crippen LogP contribution is -2.20. The van der Waals surface area contributed by atoms with Gasteiger partial charge in [-0.05, 0) is 6.07 Å². The molecule has 15 heavy (non-hydrogen) atoms. The molecule has 1 atom stereocenters. The summed E-state index contributed by atoms with van der Waals surface area (Å²) in [7, 11) is 0. The lowest BCUT2D eigenvalue weighted by atomic mass is 10.1. The smallest absolute Gasteiger partial charge is 0.405 e. The summed E-state index contributed by atoms with van der Waals surface area (Å²) in [5, 5.41) is 9.33. The molecule has 0 bridgehead atoms. The van der Waals surface area contributed by atoms with Crippen LogP contribution in [-0.4, -0.2) is 18.0 Å². The second-order valence-electron chi connectivity index (χ2n) is 2.84. The second-order valence-corrected chi connectivity index (χ2v) is 2.84. The molecule has 1 aromatic rings. The lowest BCUT2D eigenvalue weighted by molar-refractivity contribution is -0.275. The minimum atomic E-state index is -4.77. The number of benzene rings is 1. The number of halogens is 3. The molecule has 3 nitrogen and oxygen atoms in total. The van der Waals surface area contributed by atoms with Gasteiger partial charge in [0.25, 0.3) is 0 Å². The van der Waals surface area contributed by atoms with E-state index in [1.54, 1.807) is 0 Å². The van der Waals surface area contributed by atoms with Crippen molar-refractivity contribution in [1.82, 2.24) is 0 Å². The molecule has 6 heteroatoms. The zero-order valence-corrected chi connectivity index (χ0v) is 7.66. The summed E-state index contributed by atoms with van der Waals surface area (Å²) in [6, 6.07) is 5.34. The molecule has 0 radical (unpaired) electrons. The summed E-state index contributed by atoms with van der Waals surface area (Å²) < 4.78 is 39.6. The van der Waals surface area contributed by atoms with Crippen LogP contribution in [0.5, 0.6) is 5.75 Å². The largest absolute Gasteiger partial charge is 0.573 e. The zero-order valence-electron chi connectivity index (χ0n) is 7.66. The highest BCUT2D eigenvalue weighted by Gasteiger charge is 2.32. The van der Waals surface area contributed by atoms with Crippen LogP contribution < -0.4 is 10.5 Å². The minimum Gasteiger partial charge on any atom is -0.405 e. The molecule has 0 saturated carbocycles. The van der Waals surface area contributed by atoms with E-state index in [0.717, 1.165) is 6.07 Å². The van der Waals surface area contributed by atoms with Gasteiger partial charge in [-0.3, -0.25) is 0 Å². The molecular formula is C9H10F3NO2. The van der Waals surface area contributed by atoms with Crippen LogP contribution in [0.4, 0.5) is 13.2 Å². The molecule has 0 spiro atoms. The molecule has 0 heterocycles. The van der Waals surface area contributed by atoms with Gasteiger partial charge in [-0.2, -0.15) is 0 Å². The Labute approximate surface area is 84.3 Å². The molecule has 3 N–H and O–H groups in total. The first-order chi connectivity index (χ1) is 6.94. The van der Waals surface area contributed by atoms with Crippen LogP contribution >= 0.6 is 0 Å². The molecule has 0 aromatic heterocycles. The minimum absolute atomic E-state index is 0.0253. The Balaban J connectivity index is 2.96. The van der Waals surface area contributed by atoms with Crippen molar-refractivity contribution < 1.29 is 23.0 Å². The number of alkyl halides is 3. The van der Waals surface area contributed by atoms with E-state index in [0.29, 0.717) is 0 Å². The van der Waals surface area contributed by atoms with Crippen molar-refractivity contribution >= 4 is 0 Å². The van der Waals surface area contributed by atoms with Crippen molar-refractivity contribution in [2.24, 2.45) is 5.73 Å². The van der Waals surface area contributed by atoms with Gasteiger partial charge in [-0.15, -0.1) is 13.2 Å². The van der Waals surface area contributed by atoms with E-state index in [1.165, 1.54) is 18.2 Å². The van der Waals surface area contributed by atoms with Crippen molar-refractivity contribution in [3.63, 3.8) is 0 Å². The van der Waals surface area contributed by atoms with Crippen LogP contribution in [0.15, 0.2) is 24.3 Å². The van der Waals surface area contributed by atoms with Gasteiger partial charge in [-0.1, -0.05) is 18.2 Å². The average Bonchev–Trinajstić information content (AvgIpc) is 2.15. The fourth-order valence-corrected chi connectivity index (χ4v) is 1.10. The maximum Gasteiger partial charge on any atom is 0.573 e. The van der Waals surface area contributed by atoms with Gasteiger partial charge in [0, 0.05) is 12.1 Å². The highest BCUT2D eigenvalue weighted by molar-refractivity contribution is 5.35. The van der Waals surface area contributed by atoms with E-state index in [9.17, 15) is 18.3 Å².